The topological polar surface area (TPSA) is 56.1 Å². The molecule has 1 amide bonds. The molecule has 0 aliphatic carbocycles. The summed E-state index contributed by atoms with van der Waals surface area (Å²) < 4.78 is 45.7. The van der Waals surface area contributed by atoms with Crippen LogP contribution in [0.15, 0.2) is 60.8 Å². The van der Waals surface area contributed by atoms with Crippen LogP contribution in [0.5, 0.6) is 5.75 Å². The van der Waals surface area contributed by atoms with Gasteiger partial charge in [-0.2, -0.15) is 18.3 Å². The second kappa shape index (κ2) is 7.53. The molecule has 27 heavy (non-hydrogen) atoms. The van der Waals surface area contributed by atoms with E-state index >= 15 is 0 Å². The number of amides is 1. The van der Waals surface area contributed by atoms with E-state index in [1.54, 1.807) is 36.2 Å². The molecule has 8 heteroatoms. The van der Waals surface area contributed by atoms with Crippen molar-refractivity contribution in [3.8, 4) is 11.4 Å². The number of nitrogens with one attached hydrogen (secondary N) is 1. The molecule has 0 saturated carbocycles. The first-order valence-electron chi connectivity index (χ1n) is 8.02. The fourth-order valence-corrected chi connectivity index (χ4v) is 2.53. The normalized spacial score (nSPS) is 11.3. The molecule has 5 nitrogen and oxygen atoms in total. The highest BCUT2D eigenvalue weighted by Gasteiger charge is 2.34. The summed E-state index contributed by atoms with van der Waals surface area (Å²) in [4.78, 5) is 12.2. The molecule has 0 unspecified atom stereocenters. The predicted molar refractivity (Wildman–Crippen MR) is 92.7 cm³/mol. The first kappa shape index (κ1) is 18.5. The van der Waals surface area contributed by atoms with Crippen molar-refractivity contribution in [3.63, 3.8) is 0 Å². The molecule has 0 aliphatic heterocycles. The third kappa shape index (κ3) is 4.28. The lowest BCUT2D eigenvalue weighted by atomic mass is 10.1. The zero-order chi connectivity index (χ0) is 19.4. The Morgan fingerprint density at radius 1 is 1.11 bits per heavy atom. The number of aromatic nitrogens is 2. The predicted octanol–water partition coefficient (Wildman–Crippen LogP) is 3.83. The maximum atomic E-state index is 13.0. The van der Waals surface area contributed by atoms with E-state index in [2.05, 4.69) is 10.4 Å². The summed E-state index contributed by atoms with van der Waals surface area (Å²) in [6.07, 6.45) is -2.89. The highest BCUT2D eigenvalue weighted by molar-refractivity contribution is 5.95. The van der Waals surface area contributed by atoms with Gasteiger partial charge in [0.1, 0.15) is 5.75 Å². The molecule has 0 spiro atoms. The van der Waals surface area contributed by atoms with E-state index in [-0.39, 0.29) is 6.54 Å². The van der Waals surface area contributed by atoms with Crippen molar-refractivity contribution < 1.29 is 22.7 Å². The Morgan fingerprint density at radius 2 is 1.81 bits per heavy atom. The number of alkyl halides is 3. The van der Waals surface area contributed by atoms with Gasteiger partial charge in [-0.3, -0.25) is 4.79 Å². The molecule has 0 atom stereocenters. The number of ether oxygens (including phenoxy) is 1. The Bertz CT molecular complexity index is 934. The third-order valence-corrected chi connectivity index (χ3v) is 3.89. The van der Waals surface area contributed by atoms with Gasteiger partial charge in [0.15, 0.2) is 0 Å². The molecule has 0 bridgehead atoms. The quantitative estimate of drug-likeness (QED) is 0.737. The number of carbonyl (C=O) groups excluding carboxylic acids is 1. The van der Waals surface area contributed by atoms with E-state index in [1.165, 1.54) is 12.1 Å². The molecule has 3 aromatic rings. The number of methoxy groups -OCH3 is 1. The summed E-state index contributed by atoms with van der Waals surface area (Å²) in [5.74, 6) is -0.0938. The van der Waals surface area contributed by atoms with E-state index < -0.39 is 23.2 Å². The number of hydrogen-bond acceptors (Lipinski definition) is 3. The van der Waals surface area contributed by atoms with Gasteiger partial charge in [0.25, 0.3) is 5.91 Å². The number of halogens is 3. The maximum absolute atomic E-state index is 13.0. The highest BCUT2D eigenvalue weighted by Crippen LogP contribution is 2.31. The molecule has 2 aromatic carbocycles. The average molecular weight is 375 g/mol. The zero-order valence-corrected chi connectivity index (χ0v) is 14.3. The van der Waals surface area contributed by atoms with Gasteiger partial charge < -0.3 is 10.1 Å². The summed E-state index contributed by atoms with van der Waals surface area (Å²) in [6, 6.07) is 13.5. The Morgan fingerprint density at radius 3 is 2.48 bits per heavy atom. The highest BCUT2D eigenvalue weighted by atomic mass is 19.4. The number of carbonyl (C=O) groups is 1. The van der Waals surface area contributed by atoms with Crippen molar-refractivity contribution in [2.24, 2.45) is 0 Å². The van der Waals surface area contributed by atoms with Gasteiger partial charge in [-0.1, -0.05) is 12.1 Å². The number of nitrogens with zero attached hydrogens (tertiary/aromatic N) is 2. The molecule has 1 N–H and O–H groups in total. The summed E-state index contributed by atoms with van der Waals surface area (Å²) in [7, 11) is 1.57. The van der Waals surface area contributed by atoms with Gasteiger partial charge in [-0.05, 0) is 42.5 Å². The fraction of sp³-hybridized carbons (Fsp3) is 0.158. The lowest BCUT2D eigenvalue weighted by Crippen LogP contribution is -2.26. The van der Waals surface area contributed by atoms with Crippen LogP contribution in [0.3, 0.4) is 0 Å². The Balaban J connectivity index is 1.69. The largest absolute Gasteiger partial charge is 0.497 e. The van der Waals surface area contributed by atoms with Crippen LogP contribution >= 0.6 is 0 Å². The fourth-order valence-electron chi connectivity index (χ4n) is 2.53. The van der Waals surface area contributed by atoms with Crippen molar-refractivity contribution in [2.75, 3.05) is 7.11 Å². The van der Waals surface area contributed by atoms with Crippen LogP contribution < -0.4 is 10.1 Å². The molecule has 1 heterocycles. The van der Waals surface area contributed by atoms with Crippen molar-refractivity contribution in [2.45, 2.75) is 12.7 Å². The second-order valence-electron chi connectivity index (χ2n) is 5.68. The number of rotatable bonds is 5. The van der Waals surface area contributed by atoms with Crippen LogP contribution in [-0.4, -0.2) is 22.8 Å². The smallest absolute Gasteiger partial charge is 0.417 e. The van der Waals surface area contributed by atoms with E-state index in [0.29, 0.717) is 11.4 Å². The van der Waals surface area contributed by atoms with Crippen molar-refractivity contribution in [3.05, 3.63) is 77.6 Å². The summed E-state index contributed by atoms with van der Waals surface area (Å²) >= 11 is 0. The average Bonchev–Trinajstić information content (AvgIpc) is 3.14. The van der Waals surface area contributed by atoms with Crippen LogP contribution in [0.1, 0.15) is 21.6 Å². The van der Waals surface area contributed by atoms with E-state index in [9.17, 15) is 18.0 Å². The molecule has 0 aliphatic rings. The molecular weight excluding hydrogens is 359 g/mol. The summed E-state index contributed by atoms with van der Waals surface area (Å²) in [6.45, 7) is 0.00811. The molecule has 140 valence electrons. The zero-order valence-electron chi connectivity index (χ0n) is 14.3. The van der Waals surface area contributed by atoms with E-state index in [0.717, 1.165) is 17.8 Å². The third-order valence-electron chi connectivity index (χ3n) is 3.89. The summed E-state index contributed by atoms with van der Waals surface area (Å²) in [5.41, 5.74) is -0.0784. The lowest BCUT2D eigenvalue weighted by Gasteiger charge is -2.12. The van der Waals surface area contributed by atoms with Gasteiger partial charge in [0, 0.05) is 6.20 Å². The Kier molecular flexibility index (Phi) is 5.16. The lowest BCUT2D eigenvalue weighted by molar-refractivity contribution is -0.137. The van der Waals surface area contributed by atoms with E-state index in [4.69, 9.17) is 4.74 Å². The minimum Gasteiger partial charge on any atom is -0.497 e. The Hall–Kier alpha value is -3.29. The standard InChI is InChI=1S/C19H16F3N3O2/c1-27-15-8-6-14(7-9-15)25-11-10-13(24-25)12-23-18(26)16-4-2-3-5-17(16)19(20,21)22/h2-11H,12H2,1H3,(H,23,26). The van der Waals surface area contributed by atoms with Gasteiger partial charge >= 0.3 is 6.18 Å². The summed E-state index contributed by atoms with van der Waals surface area (Å²) in [5, 5.41) is 6.79. The number of benzene rings is 2. The van der Waals surface area contributed by atoms with Gasteiger partial charge in [-0.15, -0.1) is 0 Å². The van der Waals surface area contributed by atoms with Crippen LogP contribution in [0.25, 0.3) is 5.69 Å². The molecule has 1 aromatic heterocycles. The van der Waals surface area contributed by atoms with Gasteiger partial charge in [0.05, 0.1) is 36.2 Å². The first-order valence-corrected chi connectivity index (χ1v) is 8.02. The van der Waals surface area contributed by atoms with Crippen molar-refractivity contribution >= 4 is 5.91 Å². The molecule has 0 radical (unpaired) electrons. The van der Waals surface area contributed by atoms with E-state index in [1.807, 2.05) is 12.1 Å². The van der Waals surface area contributed by atoms with Crippen LogP contribution in [0.2, 0.25) is 0 Å². The van der Waals surface area contributed by atoms with Crippen molar-refractivity contribution in [1.82, 2.24) is 15.1 Å². The monoisotopic (exact) mass is 375 g/mol. The minimum atomic E-state index is -4.59. The molecule has 0 saturated heterocycles. The van der Waals surface area contributed by atoms with Crippen molar-refractivity contribution in [1.29, 1.82) is 0 Å². The SMILES string of the molecule is COc1ccc(-n2ccc(CNC(=O)c3ccccc3C(F)(F)F)n2)cc1. The Labute approximate surface area is 153 Å². The molecule has 0 fully saturated rings. The number of hydrogen-bond donors (Lipinski definition) is 1. The second-order valence-corrected chi connectivity index (χ2v) is 5.68. The van der Waals surface area contributed by atoms with Crippen LogP contribution in [0.4, 0.5) is 13.2 Å². The minimum absolute atomic E-state index is 0.00811. The van der Waals surface area contributed by atoms with Crippen LogP contribution in [-0.2, 0) is 12.7 Å². The molecule has 3 rings (SSSR count). The van der Waals surface area contributed by atoms with Gasteiger partial charge in [0.2, 0.25) is 0 Å². The van der Waals surface area contributed by atoms with Gasteiger partial charge in [-0.25, -0.2) is 4.68 Å². The van der Waals surface area contributed by atoms with Crippen LogP contribution in [0, 0.1) is 0 Å². The maximum Gasteiger partial charge on any atom is 0.417 e. The molecular formula is C19H16F3N3O2. The first-order chi connectivity index (χ1) is 12.9.